The fourth-order valence-electron chi connectivity index (χ4n) is 1.48. The Kier molecular flexibility index (Phi) is 3.94. The Bertz CT molecular complexity index is 489. The highest BCUT2D eigenvalue weighted by Crippen LogP contribution is 2.41. The number of hydrogen-bond donors (Lipinski definition) is 2. The zero-order valence-electron chi connectivity index (χ0n) is 10.1. The molecule has 0 amide bonds. The van der Waals surface area contributed by atoms with Gasteiger partial charge in [0.25, 0.3) is 5.60 Å². The van der Waals surface area contributed by atoms with Gasteiger partial charge >= 0.3 is 12.1 Å². The number of aliphatic hydroxyl groups is 1. The van der Waals surface area contributed by atoms with Gasteiger partial charge in [0.2, 0.25) is 0 Å². The van der Waals surface area contributed by atoms with Gasteiger partial charge in [-0.3, -0.25) is 0 Å². The lowest BCUT2D eigenvalue weighted by molar-refractivity contribution is -0.266. The smallest absolute Gasteiger partial charge is 0.432 e. The molecule has 0 aliphatic heterocycles. The van der Waals surface area contributed by atoms with E-state index in [1.807, 2.05) is 0 Å². The molecule has 0 heterocycles. The van der Waals surface area contributed by atoms with Gasteiger partial charge in [0.1, 0.15) is 5.75 Å². The third-order valence-electron chi connectivity index (χ3n) is 2.54. The van der Waals surface area contributed by atoms with E-state index in [4.69, 9.17) is 10.5 Å². The van der Waals surface area contributed by atoms with Crippen LogP contribution in [0.3, 0.4) is 0 Å². The van der Waals surface area contributed by atoms with Gasteiger partial charge < -0.3 is 20.3 Å². The Morgan fingerprint density at radius 1 is 1.32 bits per heavy atom. The van der Waals surface area contributed by atoms with Crippen LogP contribution in [-0.4, -0.2) is 31.5 Å². The lowest BCUT2D eigenvalue weighted by Gasteiger charge is -2.28. The van der Waals surface area contributed by atoms with Crippen molar-refractivity contribution in [3.63, 3.8) is 0 Å². The number of carbonyl (C=O) groups is 1. The zero-order chi connectivity index (χ0) is 14.8. The highest BCUT2D eigenvalue weighted by molar-refractivity contribution is 5.82. The summed E-state index contributed by atoms with van der Waals surface area (Å²) in [6, 6.07) is 2.80. The third kappa shape index (κ3) is 2.43. The summed E-state index contributed by atoms with van der Waals surface area (Å²) in [5.74, 6) is -1.93. The summed E-state index contributed by atoms with van der Waals surface area (Å²) in [5, 5.41) is 9.70. The molecule has 0 saturated heterocycles. The highest BCUT2D eigenvalue weighted by atomic mass is 19.4. The largest absolute Gasteiger partial charge is 0.495 e. The van der Waals surface area contributed by atoms with Gasteiger partial charge in [-0.1, -0.05) is 6.07 Å². The number of nitrogen functional groups attached to an aromatic ring is 1. The second kappa shape index (κ2) is 4.96. The van der Waals surface area contributed by atoms with Crippen molar-refractivity contribution >= 4 is 11.7 Å². The predicted molar refractivity (Wildman–Crippen MR) is 59.4 cm³/mol. The van der Waals surface area contributed by atoms with E-state index in [1.54, 1.807) is 0 Å². The molecule has 106 valence electrons. The Morgan fingerprint density at radius 3 is 2.32 bits per heavy atom. The average Bonchev–Trinajstić information content (AvgIpc) is 2.36. The average molecular weight is 279 g/mol. The summed E-state index contributed by atoms with van der Waals surface area (Å²) < 4.78 is 47.6. The van der Waals surface area contributed by atoms with Crippen LogP contribution in [0, 0.1) is 0 Å². The van der Waals surface area contributed by atoms with Gasteiger partial charge in [0, 0.05) is 5.56 Å². The first-order chi connectivity index (χ1) is 8.68. The number of nitrogens with two attached hydrogens (primary N) is 1. The Morgan fingerprint density at radius 2 is 1.89 bits per heavy atom. The van der Waals surface area contributed by atoms with E-state index < -0.39 is 23.3 Å². The topological polar surface area (TPSA) is 81.8 Å². The molecule has 0 saturated carbocycles. The van der Waals surface area contributed by atoms with Crippen LogP contribution >= 0.6 is 0 Å². The summed E-state index contributed by atoms with van der Waals surface area (Å²) in [7, 11) is 1.94. The van der Waals surface area contributed by atoms with Gasteiger partial charge in [-0.05, 0) is 12.1 Å². The van der Waals surface area contributed by atoms with Crippen molar-refractivity contribution in [2.45, 2.75) is 11.8 Å². The van der Waals surface area contributed by atoms with Crippen molar-refractivity contribution in [3.8, 4) is 5.75 Å². The highest BCUT2D eigenvalue weighted by Gasteiger charge is 2.62. The SMILES string of the molecule is COC(=O)[C@](O)(c1ccc(N)c(OC)c1)C(F)(F)F. The van der Waals surface area contributed by atoms with E-state index in [2.05, 4.69) is 4.74 Å². The van der Waals surface area contributed by atoms with Crippen LogP contribution in [0.2, 0.25) is 0 Å². The van der Waals surface area contributed by atoms with Crippen LogP contribution in [0.5, 0.6) is 5.75 Å². The van der Waals surface area contributed by atoms with E-state index in [-0.39, 0.29) is 11.4 Å². The molecule has 0 unspecified atom stereocenters. The Labute approximate surface area is 106 Å². The number of halogens is 3. The number of carbonyl (C=O) groups excluding carboxylic acids is 1. The van der Waals surface area contributed by atoms with E-state index in [0.29, 0.717) is 0 Å². The van der Waals surface area contributed by atoms with Crippen molar-refractivity contribution in [3.05, 3.63) is 23.8 Å². The van der Waals surface area contributed by atoms with Gasteiger partial charge in [-0.15, -0.1) is 0 Å². The number of anilines is 1. The first-order valence-electron chi connectivity index (χ1n) is 5.00. The van der Waals surface area contributed by atoms with E-state index in [0.717, 1.165) is 25.3 Å². The molecule has 0 fully saturated rings. The monoisotopic (exact) mass is 279 g/mol. The summed E-state index contributed by atoms with van der Waals surface area (Å²) in [6.45, 7) is 0. The molecular formula is C11H12F3NO4. The Balaban J connectivity index is 3.47. The lowest BCUT2D eigenvalue weighted by Crippen LogP contribution is -2.49. The number of methoxy groups -OCH3 is 2. The minimum absolute atomic E-state index is 0.0700. The van der Waals surface area contributed by atoms with Crippen molar-refractivity contribution in [2.75, 3.05) is 20.0 Å². The molecule has 8 heteroatoms. The maximum absolute atomic E-state index is 12.9. The normalized spacial score (nSPS) is 14.6. The number of ether oxygens (including phenoxy) is 2. The molecular weight excluding hydrogens is 267 g/mol. The molecule has 1 aromatic rings. The number of benzene rings is 1. The standard InChI is InChI=1S/C11H12F3NO4/c1-18-8-5-6(3-4-7(8)15)10(17,9(16)19-2)11(12,13)14/h3-5,17H,15H2,1-2H3/t10-/m1/s1. The first-order valence-corrected chi connectivity index (χ1v) is 5.00. The quantitative estimate of drug-likeness (QED) is 0.642. The van der Waals surface area contributed by atoms with Crippen LogP contribution in [0.4, 0.5) is 18.9 Å². The van der Waals surface area contributed by atoms with Crippen LogP contribution in [0.15, 0.2) is 18.2 Å². The molecule has 1 rings (SSSR count). The maximum atomic E-state index is 12.9. The lowest BCUT2D eigenvalue weighted by atomic mass is 9.92. The number of hydrogen-bond acceptors (Lipinski definition) is 5. The second-order valence-corrected chi connectivity index (χ2v) is 3.66. The van der Waals surface area contributed by atoms with Crippen molar-refractivity contribution in [1.29, 1.82) is 0 Å². The summed E-state index contributed by atoms with van der Waals surface area (Å²) in [5.41, 5.74) is 1.01. The summed E-state index contributed by atoms with van der Waals surface area (Å²) in [6.07, 6.45) is -5.25. The summed E-state index contributed by atoms with van der Waals surface area (Å²) >= 11 is 0. The molecule has 0 spiro atoms. The molecule has 0 aliphatic carbocycles. The van der Waals surface area contributed by atoms with Crippen molar-refractivity contribution < 1.29 is 32.5 Å². The van der Waals surface area contributed by atoms with E-state index in [1.165, 1.54) is 7.11 Å². The third-order valence-corrected chi connectivity index (χ3v) is 2.54. The van der Waals surface area contributed by atoms with Gasteiger partial charge in [0.05, 0.1) is 19.9 Å². The number of alkyl halides is 3. The molecule has 0 aromatic heterocycles. The van der Waals surface area contributed by atoms with Gasteiger partial charge in [0.15, 0.2) is 0 Å². The van der Waals surface area contributed by atoms with Gasteiger partial charge in [-0.2, -0.15) is 13.2 Å². The predicted octanol–water partition coefficient (Wildman–Crippen LogP) is 1.20. The number of rotatable bonds is 3. The van der Waals surface area contributed by atoms with E-state index >= 15 is 0 Å². The molecule has 5 nitrogen and oxygen atoms in total. The molecule has 1 atom stereocenters. The maximum Gasteiger partial charge on any atom is 0.432 e. The molecule has 3 N–H and O–H groups in total. The van der Waals surface area contributed by atoms with Crippen LogP contribution in [0.25, 0.3) is 0 Å². The van der Waals surface area contributed by atoms with E-state index in [9.17, 15) is 23.1 Å². The second-order valence-electron chi connectivity index (χ2n) is 3.66. The van der Waals surface area contributed by atoms with Crippen molar-refractivity contribution in [1.82, 2.24) is 0 Å². The number of esters is 1. The van der Waals surface area contributed by atoms with Crippen LogP contribution in [0.1, 0.15) is 5.56 Å². The molecule has 0 radical (unpaired) electrons. The van der Waals surface area contributed by atoms with Crippen molar-refractivity contribution in [2.24, 2.45) is 0 Å². The first kappa shape index (κ1) is 15.1. The minimum atomic E-state index is -5.25. The molecule has 19 heavy (non-hydrogen) atoms. The summed E-state index contributed by atoms with van der Waals surface area (Å²) in [4.78, 5) is 11.3. The van der Waals surface area contributed by atoms with Crippen LogP contribution in [-0.2, 0) is 15.1 Å². The molecule has 0 aliphatic rings. The molecule has 1 aromatic carbocycles. The minimum Gasteiger partial charge on any atom is -0.495 e. The fraction of sp³-hybridized carbons (Fsp3) is 0.364. The zero-order valence-corrected chi connectivity index (χ0v) is 10.1. The fourth-order valence-corrected chi connectivity index (χ4v) is 1.48. The Hall–Kier alpha value is -1.96. The molecule has 0 bridgehead atoms. The van der Waals surface area contributed by atoms with Gasteiger partial charge in [-0.25, -0.2) is 4.79 Å². The van der Waals surface area contributed by atoms with Crippen LogP contribution < -0.4 is 10.5 Å².